The van der Waals surface area contributed by atoms with E-state index in [-0.39, 0.29) is 17.5 Å². The van der Waals surface area contributed by atoms with Gasteiger partial charge in [0.2, 0.25) is 0 Å². The highest BCUT2D eigenvalue weighted by Crippen LogP contribution is 2.40. The number of hydrogen-bond acceptors (Lipinski definition) is 2. The standard InChI is InChI=1S/C25H20O2/c26-23-17-21(18-10-4-1-5-11-18)16-22(19-12-6-2-7-13-19)24(23)25(27)20-14-8-3-9-15-20/h1-15,17,22,24H,16H2/t22-,24-/m1/s1. The molecule has 1 aliphatic rings. The van der Waals surface area contributed by atoms with Crippen LogP contribution in [0, 0.1) is 5.92 Å². The third-order valence-electron chi connectivity index (χ3n) is 5.18. The van der Waals surface area contributed by atoms with Gasteiger partial charge in [-0.15, -0.1) is 0 Å². The summed E-state index contributed by atoms with van der Waals surface area (Å²) >= 11 is 0. The molecule has 0 aromatic heterocycles. The Bertz CT molecular complexity index is 973. The maximum Gasteiger partial charge on any atom is 0.174 e. The summed E-state index contributed by atoms with van der Waals surface area (Å²) in [6, 6.07) is 29.0. The number of hydrogen-bond donors (Lipinski definition) is 0. The molecule has 0 amide bonds. The number of Topliss-reactive ketones (excluding diaryl/α,β-unsaturated/α-hetero) is 1. The Morgan fingerprint density at radius 3 is 1.93 bits per heavy atom. The molecule has 132 valence electrons. The summed E-state index contributed by atoms with van der Waals surface area (Å²) in [4.78, 5) is 26.3. The van der Waals surface area contributed by atoms with Crippen LogP contribution in [0.15, 0.2) is 97.1 Å². The minimum absolute atomic E-state index is 0.0992. The molecule has 1 aliphatic carbocycles. The third kappa shape index (κ3) is 3.52. The van der Waals surface area contributed by atoms with Crippen molar-refractivity contribution in [2.75, 3.05) is 0 Å². The highest BCUT2D eigenvalue weighted by atomic mass is 16.1. The molecule has 2 nitrogen and oxygen atoms in total. The van der Waals surface area contributed by atoms with Gasteiger partial charge in [0.15, 0.2) is 11.6 Å². The first-order chi connectivity index (χ1) is 13.2. The third-order valence-corrected chi connectivity index (χ3v) is 5.18. The summed E-state index contributed by atoms with van der Waals surface area (Å²) < 4.78 is 0. The Morgan fingerprint density at radius 2 is 1.30 bits per heavy atom. The van der Waals surface area contributed by atoms with E-state index in [0.29, 0.717) is 12.0 Å². The van der Waals surface area contributed by atoms with Crippen LogP contribution >= 0.6 is 0 Å². The lowest BCUT2D eigenvalue weighted by molar-refractivity contribution is -0.117. The van der Waals surface area contributed by atoms with E-state index in [9.17, 15) is 9.59 Å². The molecular formula is C25H20O2. The van der Waals surface area contributed by atoms with Crippen molar-refractivity contribution < 1.29 is 9.59 Å². The molecule has 0 saturated heterocycles. The fraction of sp³-hybridized carbons (Fsp3) is 0.120. The Balaban J connectivity index is 1.77. The maximum absolute atomic E-state index is 13.2. The molecule has 0 N–H and O–H groups in total. The largest absolute Gasteiger partial charge is 0.294 e. The van der Waals surface area contributed by atoms with E-state index in [1.165, 1.54) is 0 Å². The van der Waals surface area contributed by atoms with Gasteiger partial charge >= 0.3 is 0 Å². The van der Waals surface area contributed by atoms with E-state index in [2.05, 4.69) is 0 Å². The molecule has 0 fully saturated rings. The van der Waals surface area contributed by atoms with Crippen molar-refractivity contribution in [2.45, 2.75) is 12.3 Å². The van der Waals surface area contributed by atoms with Crippen molar-refractivity contribution >= 4 is 17.1 Å². The van der Waals surface area contributed by atoms with Crippen LogP contribution in [-0.2, 0) is 4.79 Å². The van der Waals surface area contributed by atoms with E-state index in [4.69, 9.17) is 0 Å². The van der Waals surface area contributed by atoms with Crippen molar-refractivity contribution in [3.8, 4) is 0 Å². The summed E-state index contributed by atoms with van der Waals surface area (Å²) in [7, 11) is 0. The zero-order chi connectivity index (χ0) is 18.6. The highest BCUT2D eigenvalue weighted by molar-refractivity contribution is 6.17. The SMILES string of the molecule is O=C1C=C(c2ccccc2)C[C@H](c2ccccc2)[C@H]1C(=O)c1ccccc1. The number of benzene rings is 3. The molecule has 0 saturated carbocycles. The molecule has 0 heterocycles. The van der Waals surface area contributed by atoms with Crippen LogP contribution in [0.5, 0.6) is 0 Å². The quantitative estimate of drug-likeness (QED) is 0.470. The van der Waals surface area contributed by atoms with Crippen molar-refractivity contribution in [2.24, 2.45) is 5.92 Å². The van der Waals surface area contributed by atoms with E-state index in [0.717, 1.165) is 16.7 Å². The lowest BCUT2D eigenvalue weighted by Crippen LogP contribution is -2.32. The summed E-state index contributed by atoms with van der Waals surface area (Å²) in [5.41, 5.74) is 3.65. The van der Waals surface area contributed by atoms with E-state index in [1.807, 2.05) is 78.9 Å². The van der Waals surface area contributed by atoms with Crippen molar-refractivity contribution in [3.63, 3.8) is 0 Å². The van der Waals surface area contributed by atoms with Crippen molar-refractivity contribution in [1.29, 1.82) is 0 Å². The first-order valence-corrected chi connectivity index (χ1v) is 9.18. The summed E-state index contributed by atoms with van der Waals surface area (Å²) in [5.74, 6) is -1.05. The molecule has 3 aromatic rings. The topological polar surface area (TPSA) is 34.1 Å². The molecule has 0 unspecified atom stereocenters. The molecular weight excluding hydrogens is 332 g/mol. The van der Waals surface area contributed by atoms with Crippen LogP contribution in [0.2, 0.25) is 0 Å². The van der Waals surface area contributed by atoms with E-state index >= 15 is 0 Å². The summed E-state index contributed by atoms with van der Waals surface area (Å²) in [6.07, 6.45) is 2.34. The predicted octanol–water partition coefficient (Wildman–Crippen LogP) is 5.33. The van der Waals surface area contributed by atoms with Gasteiger partial charge in [-0.05, 0) is 29.2 Å². The Hall–Kier alpha value is -3.26. The predicted molar refractivity (Wildman–Crippen MR) is 107 cm³/mol. The maximum atomic E-state index is 13.2. The molecule has 0 spiro atoms. The second-order valence-corrected chi connectivity index (χ2v) is 6.87. The van der Waals surface area contributed by atoms with Crippen LogP contribution in [0.25, 0.3) is 5.57 Å². The summed E-state index contributed by atoms with van der Waals surface area (Å²) in [6.45, 7) is 0. The van der Waals surface area contributed by atoms with Gasteiger partial charge in [-0.25, -0.2) is 0 Å². The molecule has 0 aliphatic heterocycles. The molecule has 2 atom stereocenters. The monoisotopic (exact) mass is 352 g/mol. The lowest BCUT2D eigenvalue weighted by Gasteiger charge is -2.30. The van der Waals surface area contributed by atoms with Gasteiger partial charge in [-0.2, -0.15) is 0 Å². The molecule has 0 bridgehead atoms. The molecule has 3 aromatic carbocycles. The normalized spacial score (nSPS) is 19.4. The van der Waals surface area contributed by atoms with Crippen LogP contribution in [-0.4, -0.2) is 11.6 Å². The minimum Gasteiger partial charge on any atom is -0.294 e. The highest BCUT2D eigenvalue weighted by Gasteiger charge is 2.38. The van der Waals surface area contributed by atoms with Gasteiger partial charge < -0.3 is 0 Å². The average Bonchev–Trinajstić information content (AvgIpc) is 2.74. The van der Waals surface area contributed by atoms with Gasteiger partial charge in [-0.1, -0.05) is 91.0 Å². The van der Waals surface area contributed by atoms with Gasteiger partial charge in [0, 0.05) is 11.5 Å². The van der Waals surface area contributed by atoms with Crippen LogP contribution in [0.3, 0.4) is 0 Å². The Kier molecular flexibility index (Phi) is 4.80. The number of ketones is 2. The molecule has 0 radical (unpaired) electrons. The Morgan fingerprint density at radius 1 is 0.741 bits per heavy atom. The average molecular weight is 352 g/mol. The number of carbonyl (C=O) groups excluding carboxylic acids is 2. The number of allylic oxidation sites excluding steroid dienone is 2. The zero-order valence-electron chi connectivity index (χ0n) is 14.9. The molecule has 4 rings (SSSR count). The fourth-order valence-corrected chi connectivity index (χ4v) is 3.83. The molecule has 27 heavy (non-hydrogen) atoms. The van der Waals surface area contributed by atoms with Gasteiger partial charge in [-0.3, -0.25) is 9.59 Å². The Labute approximate surface area is 159 Å². The van der Waals surface area contributed by atoms with Crippen LogP contribution in [0.4, 0.5) is 0 Å². The zero-order valence-corrected chi connectivity index (χ0v) is 14.9. The van der Waals surface area contributed by atoms with Crippen LogP contribution < -0.4 is 0 Å². The van der Waals surface area contributed by atoms with Crippen molar-refractivity contribution in [1.82, 2.24) is 0 Å². The lowest BCUT2D eigenvalue weighted by atomic mass is 9.71. The van der Waals surface area contributed by atoms with Crippen molar-refractivity contribution in [3.05, 3.63) is 114 Å². The van der Waals surface area contributed by atoms with Crippen LogP contribution in [0.1, 0.15) is 33.8 Å². The second-order valence-electron chi connectivity index (χ2n) is 6.87. The van der Waals surface area contributed by atoms with Gasteiger partial charge in [0.25, 0.3) is 0 Å². The smallest absolute Gasteiger partial charge is 0.174 e. The first kappa shape index (κ1) is 17.2. The van der Waals surface area contributed by atoms with E-state index in [1.54, 1.807) is 18.2 Å². The minimum atomic E-state index is -0.678. The van der Waals surface area contributed by atoms with Gasteiger partial charge in [0.1, 0.15) is 0 Å². The summed E-state index contributed by atoms with van der Waals surface area (Å²) in [5, 5.41) is 0. The molecule has 2 heteroatoms. The van der Waals surface area contributed by atoms with Gasteiger partial charge in [0.05, 0.1) is 5.92 Å². The fourth-order valence-electron chi connectivity index (χ4n) is 3.83. The van der Waals surface area contributed by atoms with E-state index < -0.39 is 5.92 Å². The number of rotatable bonds is 4. The second kappa shape index (κ2) is 7.55. The first-order valence-electron chi connectivity index (χ1n) is 9.18. The number of carbonyl (C=O) groups is 2.